The minimum atomic E-state index is 0.289. The van der Waals surface area contributed by atoms with Gasteiger partial charge in [-0.15, -0.1) is 6.42 Å². The van der Waals surface area contributed by atoms with Gasteiger partial charge in [0.25, 0.3) is 0 Å². The Hall–Kier alpha value is -0.520. The van der Waals surface area contributed by atoms with Crippen LogP contribution < -0.4 is 5.73 Å². The maximum absolute atomic E-state index is 6.08. The second-order valence-electron chi connectivity index (χ2n) is 5.39. The predicted octanol–water partition coefficient (Wildman–Crippen LogP) is 2.10. The Labute approximate surface area is 95.2 Å². The summed E-state index contributed by atoms with van der Waals surface area (Å²) in [6, 6.07) is 0.289. The van der Waals surface area contributed by atoms with E-state index in [4.69, 9.17) is 12.2 Å². The van der Waals surface area contributed by atoms with E-state index in [2.05, 4.69) is 38.5 Å². The maximum atomic E-state index is 6.08. The van der Waals surface area contributed by atoms with Crippen LogP contribution >= 0.6 is 0 Å². The van der Waals surface area contributed by atoms with Gasteiger partial charge in [0.2, 0.25) is 0 Å². The SMILES string of the molecule is C#CCN(CC)CCC(N)CC(C)(C)C. The first-order chi connectivity index (χ1) is 6.89. The van der Waals surface area contributed by atoms with Crippen molar-refractivity contribution in [3.8, 4) is 12.3 Å². The van der Waals surface area contributed by atoms with Gasteiger partial charge in [0.05, 0.1) is 6.54 Å². The van der Waals surface area contributed by atoms with Crippen molar-refractivity contribution in [2.75, 3.05) is 19.6 Å². The molecule has 0 rings (SSSR count). The largest absolute Gasteiger partial charge is 0.328 e. The van der Waals surface area contributed by atoms with Crippen molar-refractivity contribution in [2.45, 2.75) is 46.6 Å². The molecule has 0 aliphatic rings. The van der Waals surface area contributed by atoms with Gasteiger partial charge >= 0.3 is 0 Å². The van der Waals surface area contributed by atoms with Crippen molar-refractivity contribution >= 4 is 0 Å². The van der Waals surface area contributed by atoms with Crippen LogP contribution in [0.3, 0.4) is 0 Å². The third kappa shape index (κ3) is 8.47. The van der Waals surface area contributed by atoms with E-state index < -0.39 is 0 Å². The Balaban J connectivity index is 3.79. The second kappa shape index (κ2) is 6.87. The second-order valence-corrected chi connectivity index (χ2v) is 5.39. The van der Waals surface area contributed by atoms with E-state index >= 15 is 0 Å². The Bertz CT molecular complexity index is 198. The van der Waals surface area contributed by atoms with Gasteiger partial charge in [0, 0.05) is 12.6 Å². The Kier molecular flexibility index (Phi) is 6.63. The molecule has 0 saturated carbocycles. The summed E-state index contributed by atoms with van der Waals surface area (Å²) in [5.74, 6) is 2.68. The van der Waals surface area contributed by atoms with E-state index in [0.29, 0.717) is 5.41 Å². The monoisotopic (exact) mass is 210 g/mol. The molecule has 1 unspecified atom stereocenters. The lowest BCUT2D eigenvalue weighted by Crippen LogP contribution is -2.33. The van der Waals surface area contributed by atoms with E-state index in [9.17, 15) is 0 Å². The third-order valence-electron chi connectivity index (χ3n) is 2.45. The average molecular weight is 210 g/mol. The molecule has 0 saturated heterocycles. The van der Waals surface area contributed by atoms with Crippen molar-refractivity contribution in [3.63, 3.8) is 0 Å². The molecule has 1 atom stereocenters. The Morgan fingerprint density at radius 3 is 2.40 bits per heavy atom. The van der Waals surface area contributed by atoms with Crippen LogP contribution in [0.2, 0.25) is 0 Å². The normalized spacial score (nSPS) is 13.9. The smallest absolute Gasteiger partial charge is 0.0598 e. The molecule has 0 aliphatic heterocycles. The molecule has 0 amide bonds. The van der Waals surface area contributed by atoms with Crippen molar-refractivity contribution < 1.29 is 0 Å². The zero-order chi connectivity index (χ0) is 11.9. The standard InChI is InChI=1S/C13H26N2/c1-6-9-15(7-2)10-8-12(14)11-13(3,4)5/h1,12H,7-11,14H2,2-5H3. The molecule has 0 aromatic carbocycles. The van der Waals surface area contributed by atoms with Gasteiger partial charge < -0.3 is 5.73 Å². The fourth-order valence-electron chi connectivity index (χ4n) is 1.72. The summed E-state index contributed by atoms with van der Waals surface area (Å²) in [6.45, 7) is 11.6. The molecule has 0 heterocycles. The molecule has 0 bridgehead atoms. The van der Waals surface area contributed by atoms with Crippen LogP contribution in [0.5, 0.6) is 0 Å². The molecule has 15 heavy (non-hydrogen) atoms. The molecule has 0 aromatic heterocycles. The maximum Gasteiger partial charge on any atom is 0.0598 e. The van der Waals surface area contributed by atoms with Crippen LogP contribution in [-0.4, -0.2) is 30.6 Å². The van der Waals surface area contributed by atoms with Crippen molar-refractivity contribution in [1.82, 2.24) is 4.90 Å². The van der Waals surface area contributed by atoms with Crippen LogP contribution in [0.15, 0.2) is 0 Å². The predicted molar refractivity (Wildman–Crippen MR) is 67.6 cm³/mol. The van der Waals surface area contributed by atoms with Crippen LogP contribution in [-0.2, 0) is 0 Å². The molecule has 2 N–H and O–H groups in total. The number of terminal acetylenes is 1. The van der Waals surface area contributed by atoms with E-state index in [1.165, 1.54) is 0 Å². The van der Waals surface area contributed by atoms with Crippen LogP contribution in [0.1, 0.15) is 40.5 Å². The molecule has 0 spiro atoms. The lowest BCUT2D eigenvalue weighted by Gasteiger charge is -2.25. The van der Waals surface area contributed by atoms with Gasteiger partial charge in [-0.2, -0.15) is 0 Å². The van der Waals surface area contributed by atoms with Crippen molar-refractivity contribution in [2.24, 2.45) is 11.1 Å². The average Bonchev–Trinajstić information content (AvgIpc) is 2.09. The molecule has 0 radical (unpaired) electrons. The Morgan fingerprint density at radius 1 is 1.40 bits per heavy atom. The number of nitrogens with two attached hydrogens (primary N) is 1. The zero-order valence-electron chi connectivity index (χ0n) is 10.7. The summed E-state index contributed by atoms with van der Waals surface area (Å²) in [4.78, 5) is 2.25. The molecular weight excluding hydrogens is 184 g/mol. The van der Waals surface area contributed by atoms with Gasteiger partial charge in [0.15, 0.2) is 0 Å². The fourth-order valence-corrected chi connectivity index (χ4v) is 1.72. The number of hydrogen-bond acceptors (Lipinski definition) is 2. The van der Waals surface area contributed by atoms with E-state index in [1.54, 1.807) is 0 Å². The lowest BCUT2D eigenvalue weighted by atomic mass is 9.87. The quantitative estimate of drug-likeness (QED) is 0.680. The van der Waals surface area contributed by atoms with E-state index in [1.807, 2.05) is 0 Å². The minimum absolute atomic E-state index is 0.289. The van der Waals surface area contributed by atoms with Gasteiger partial charge in [-0.25, -0.2) is 0 Å². The lowest BCUT2D eigenvalue weighted by molar-refractivity contribution is 0.276. The Morgan fingerprint density at radius 2 is 2.00 bits per heavy atom. The van der Waals surface area contributed by atoms with Gasteiger partial charge in [-0.05, 0) is 24.8 Å². The van der Waals surface area contributed by atoms with E-state index in [0.717, 1.165) is 32.5 Å². The van der Waals surface area contributed by atoms with Crippen LogP contribution in [0.4, 0.5) is 0 Å². The highest BCUT2D eigenvalue weighted by Gasteiger charge is 2.15. The molecule has 2 heteroatoms. The fraction of sp³-hybridized carbons (Fsp3) is 0.846. The summed E-state index contributed by atoms with van der Waals surface area (Å²) in [6.07, 6.45) is 7.39. The third-order valence-corrected chi connectivity index (χ3v) is 2.45. The summed E-state index contributed by atoms with van der Waals surface area (Å²) in [5, 5.41) is 0. The van der Waals surface area contributed by atoms with Gasteiger partial charge in [0.1, 0.15) is 0 Å². The first kappa shape index (κ1) is 14.5. The van der Waals surface area contributed by atoms with E-state index in [-0.39, 0.29) is 6.04 Å². The first-order valence-corrected chi connectivity index (χ1v) is 5.80. The number of rotatable bonds is 6. The number of hydrogen-bond donors (Lipinski definition) is 1. The molecule has 0 fully saturated rings. The highest BCUT2D eigenvalue weighted by molar-refractivity contribution is 4.88. The highest BCUT2D eigenvalue weighted by atomic mass is 15.1. The summed E-state index contributed by atoms with van der Waals surface area (Å²) >= 11 is 0. The zero-order valence-corrected chi connectivity index (χ0v) is 10.7. The molecular formula is C13H26N2. The molecule has 0 aliphatic carbocycles. The first-order valence-electron chi connectivity index (χ1n) is 5.80. The highest BCUT2D eigenvalue weighted by Crippen LogP contribution is 2.21. The summed E-state index contributed by atoms with van der Waals surface area (Å²) in [5.41, 5.74) is 6.40. The van der Waals surface area contributed by atoms with Crippen LogP contribution in [0, 0.1) is 17.8 Å². The van der Waals surface area contributed by atoms with Crippen molar-refractivity contribution in [3.05, 3.63) is 0 Å². The number of nitrogens with zero attached hydrogens (tertiary/aromatic N) is 1. The summed E-state index contributed by atoms with van der Waals surface area (Å²) in [7, 11) is 0. The van der Waals surface area contributed by atoms with Gasteiger partial charge in [-0.1, -0.05) is 33.6 Å². The molecule has 0 aromatic rings. The molecule has 2 nitrogen and oxygen atoms in total. The van der Waals surface area contributed by atoms with Crippen molar-refractivity contribution in [1.29, 1.82) is 0 Å². The minimum Gasteiger partial charge on any atom is -0.328 e. The van der Waals surface area contributed by atoms with Crippen LogP contribution in [0.25, 0.3) is 0 Å². The summed E-state index contributed by atoms with van der Waals surface area (Å²) < 4.78 is 0. The topological polar surface area (TPSA) is 29.3 Å². The molecule has 88 valence electrons. The van der Waals surface area contributed by atoms with Gasteiger partial charge in [-0.3, -0.25) is 4.90 Å².